The third-order valence-corrected chi connectivity index (χ3v) is 14.0. The molecule has 0 saturated heterocycles. The Hall–Kier alpha value is -6.36. The van der Waals surface area contributed by atoms with Gasteiger partial charge in [-0.2, -0.15) is 0 Å². The molecule has 312 valence electrons. The highest BCUT2D eigenvalue weighted by Gasteiger charge is 2.75. The van der Waals surface area contributed by atoms with Crippen LogP contribution in [0.5, 0.6) is 0 Å². The van der Waals surface area contributed by atoms with Crippen molar-refractivity contribution in [2.45, 2.75) is 61.4 Å². The zero-order chi connectivity index (χ0) is 43.9. The van der Waals surface area contributed by atoms with Crippen LogP contribution in [0.15, 0.2) is 133 Å². The largest absolute Gasteiger partial charge is 0.478 e. The van der Waals surface area contributed by atoms with E-state index in [1.54, 1.807) is 82.6 Å². The molecule has 6 aromatic rings. The molecular weight excluding hydrogens is 833 g/mol. The minimum Gasteiger partial charge on any atom is -0.478 e. The molecule has 12 heteroatoms. The van der Waals surface area contributed by atoms with Gasteiger partial charge in [0.15, 0.2) is 0 Å². The van der Waals surface area contributed by atoms with E-state index in [2.05, 4.69) is 0 Å². The summed E-state index contributed by atoms with van der Waals surface area (Å²) in [5, 5.41) is 19.8. The summed E-state index contributed by atoms with van der Waals surface area (Å²) in [6.45, 7) is 4.49. The van der Waals surface area contributed by atoms with Crippen LogP contribution in [0, 0.1) is 11.6 Å². The molecule has 0 aromatic heterocycles. The normalized spacial score (nSPS) is 23.8. The van der Waals surface area contributed by atoms with E-state index in [9.17, 15) is 38.2 Å². The smallest absolute Gasteiger partial charge is 0.335 e. The number of hydrogen-bond donors (Lipinski definition) is 2. The topological polar surface area (TPSA) is 115 Å². The highest BCUT2D eigenvalue weighted by Crippen LogP contribution is 2.71. The highest BCUT2D eigenvalue weighted by molar-refractivity contribution is 6.31. The van der Waals surface area contributed by atoms with Crippen molar-refractivity contribution in [3.05, 3.63) is 200 Å². The Kier molecular flexibility index (Phi) is 9.68. The van der Waals surface area contributed by atoms with Gasteiger partial charge in [0, 0.05) is 32.3 Å². The summed E-state index contributed by atoms with van der Waals surface area (Å²) in [7, 11) is 0. The number of hydrogen-bond acceptors (Lipinski definition) is 4. The maximum Gasteiger partial charge on any atom is 0.335 e. The number of halogens is 4. The maximum atomic E-state index is 14.3. The molecule has 0 unspecified atom stereocenters. The van der Waals surface area contributed by atoms with Crippen LogP contribution in [0.4, 0.5) is 20.2 Å². The SMILES string of the molecule is C[C@@]1(c2ccc(Cl)cc2)C[C@@]12C(=O)N(Cc1cccc(C(=O)O)c1)c1ccc(F)cc12.C[C@]1(c2ccc(Cl)cc2)C[C@]12C(=O)N(Cc1cccc(C(=O)O)c1)c1ccc(F)cc12. The van der Waals surface area contributed by atoms with Crippen LogP contribution in [0.1, 0.15) is 80.8 Å². The van der Waals surface area contributed by atoms with E-state index in [1.165, 1.54) is 36.4 Å². The highest BCUT2D eigenvalue weighted by atomic mass is 35.5. The van der Waals surface area contributed by atoms with Gasteiger partial charge in [-0.15, -0.1) is 0 Å². The van der Waals surface area contributed by atoms with Crippen molar-refractivity contribution >= 4 is 58.3 Å². The zero-order valence-electron chi connectivity index (χ0n) is 33.5. The summed E-state index contributed by atoms with van der Waals surface area (Å²) in [6, 6.07) is 36.9. The van der Waals surface area contributed by atoms with E-state index in [4.69, 9.17) is 23.2 Å². The van der Waals surface area contributed by atoms with Crippen molar-refractivity contribution in [3.8, 4) is 0 Å². The standard InChI is InChI=1S/2C25H19ClFNO3/c2*1-24(17-5-7-18(26)8-6-17)14-25(24)20-12-19(27)9-10-21(20)28(23(25)31)13-15-3-2-4-16(11-15)22(29)30/h2*2-12H,13-14H2,1H3,(H,29,30)/t2*24-,25+/m10/s1. The summed E-state index contributed by atoms with van der Waals surface area (Å²) in [6.07, 6.45) is 1.14. The molecule has 62 heavy (non-hydrogen) atoms. The monoisotopic (exact) mass is 870 g/mol. The maximum absolute atomic E-state index is 14.3. The van der Waals surface area contributed by atoms with Gasteiger partial charge in [-0.25, -0.2) is 18.4 Å². The molecular formula is C50H38Cl2F2N2O6. The first-order chi connectivity index (χ1) is 29.5. The molecule has 2 N–H and O–H groups in total. The molecule has 2 heterocycles. The lowest BCUT2D eigenvalue weighted by Crippen LogP contribution is -2.35. The predicted octanol–water partition coefficient (Wildman–Crippen LogP) is 10.6. The average molecular weight is 872 g/mol. The van der Waals surface area contributed by atoms with Crippen molar-refractivity contribution < 1.29 is 38.2 Å². The Balaban J connectivity index is 0.000000158. The summed E-state index contributed by atoms with van der Waals surface area (Å²) < 4.78 is 28.5. The van der Waals surface area contributed by atoms with Crippen molar-refractivity contribution in [2.24, 2.45) is 0 Å². The van der Waals surface area contributed by atoms with Gasteiger partial charge in [0.1, 0.15) is 11.6 Å². The fraction of sp³-hybridized carbons (Fsp3) is 0.200. The van der Waals surface area contributed by atoms with Crippen molar-refractivity contribution in [1.29, 1.82) is 0 Å². The van der Waals surface area contributed by atoms with Gasteiger partial charge in [0.05, 0.1) is 35.0 Å². The molecule has 10 rings (SSSR count). The van der Waals surface area contributed by atoms with Gasteiger partial charge in [-0.1, -0.05) is 85.6 Å². The second-order valence-electron chi connectivity index (χ2n) is 17.0. The van der Waals surface area contributed by atoms with E-state index in [0.717, 1.165) is 11.1 Å². The number of carbonyl (C=O) groups excluding carboxylic acids is 2. The van der Waals surface area contributed by atoms with Crippen LogP contribution in [0.3, 0.4) is 0 Å². The number of fused-ring (bicyclic) bond motifs is 4. The molecule has 0 bridgehead atoms. The van der Waals surface area contributed by atoms with Gasteiger partial charge >= 0.3 is 11.9 Å². The summed E-state index contributed by atoms with van der Waals surface area (Å²) >= 11 is 12.1. The second kappa shape index (κ2) is 14.6. The molecule has 2 spiro atoms. The molecule has 4 aliphatic rings. The van der Waals surface area contributed by atoms with E-state index in [0.29, 0.717) is 56.5 Å². The Labute approximate surface area is 366 Å². The lowest BCUT2D eigenvalue weighted by atomic mass is 9.83. The van der Waals surface area contributed by atoms with Gasteiger partial charge in [-0.3, -0.25) is 9.59 Å². The number of nitrogens with zero attached hydrogens (tertiary/aromatic N) is 2. The zero-order valence-corrected chi connectivity index (χ0v) is 35.0. The third-order valence-electron chi connectivity index (χ3n) is 13.5. The van der Waals surface area contributed by atoms with E-state index in [-0.39, 0.29) is 47.7 Å². The lowest BCUT2D eigenvalue weighted by Gasteiger charge is -2.21. The van der Waals surface area contributed by atoms with Crippen LogP contribution >= 0.6 is 23.2 Å². The summed E-state index contributed by atoms with van der Waals surface area (Å²) in [4.78, 5) is 53.6. The first-order valence-corrected chi connectivity index (χ1v) is 20.7. The lowest BCUT2D eigenvalue weighted by molar-refractivity contribution is -0.121. The molecule has 6 aromatic carbocycles. The molecule has 4 atom stereocenters. The number of aromatic carboxylic acids is 2. The summed E-state index contributed by atoms with van der Waals surface area (Å²) in [5.74, 6) is -2.99. The minimum absolute atomic E-state index is 0.0914. The molecule has 0 radical (unpaired) electrons. The number of carboxylic acids is 2. The van der Waals surface area contributed by atoms with Crippen LogP contribution in [-0.4, -0.2) is 34.0 Å². The van der Waals surface area contributed by atoms with Gasteiger partial charge in [0.25, 0.3) is 0 Å². The third kappa shape index (κ3) is 6.30. The Morgan fingerprint density at radius 1 is 0.565 bits per heavy atom. The van der Waals surface area contributed by atoms with Gasteiger partial charge in [-0.05, 0) is 131 Å². The Bertz CT molecular complexity index is 2680. The fourth-order valence-corrected chi connectivity index (χ4v) is 10.3. The van der Waals surface area contributed by atoms with Crippen molar-refractivity contribution in [1.82, 2.24) is 0 Å². The molecule has 2 aliphatic carbocycles. The van der Waals surface area contributed by atoms with Crippen molar-refractivity contribution in [3.63, 3.8) is 0 Å². The van der Waals surface area contributed by atoms with Crippen LogP contribution in [-0.2, 0) is 44.3 Å². The molecule has 8 nitrogen and oxygen atoms in total. The Morgan fingerprint density at radius 2 is 0.935 bits per heavy atom. The number of benzene rings is 6. The predicted molar refractivity (Wildman–Crippen MR) is 232 cm³/mol. The van der Waals surface area contributed by atoms with Gasteiger partial charge in [0.2, 0.25) is 11.8 Å². The van der Waals surface area contributed by atoms with Crippen LogP contribution in [0.25, 0.3) is 0 Å². The number of carboxylic acid groups (broad SMARTS) is 2. The fourth-order valence-electron chi connectivity index (χ4n) is 10.1. The van der Waals surface area contributed by atoms with E-state index < -0.39 is 33.6 Å². The van der Waals surface area contributed by atoms with E-state index >= 15 is 0 Å². The second-order valence-corrected chi connectivity index (χ2v) is 17.8. The van der Waals surface area contributed by atoms with Gasteiger partial charge < -0.3 is 20.0 Å². The number of carbonyl (C=O) groups is 4. The quantitative estimate of drug-likeness (QED) is 0.157. The van der Waals surface area contributed by atoms with E-state index in [1.807, 2.05) is 38.1 Å². The first kappa shape index (κ1) is 41.0. The molecule has 2 amide bonds. The Morgan fingerprint density at radius 3 is 1.29 bits per heavy atom. The van der Waals surface area contributed by atoms with Crippen LogP contribution < -0.4 is 9.80 Å². The first-order valence-electron chi connectivity index (χ1n) is 19.9. The molecule has 2 saturated carbocycles. The van der Waals surface area contributed by atoms with Crippen LogP contribution in [0.2, 0.25) is 10.0 Å². The average Bonchev–Trinajstić information content (AvgIpc) is 4.06. The summed E-state index contributed by atoms with van der Waals surface area (Å²) in [5.41, 5.74) is 3.76. The van der Waals surface area contributed by atoms with Crippen molar-refractivity contribution in [2.75, 3.05) is 9.80 Å². The number of rotatable bonds is 8. The molecule has 2 aliphatic heterocycles. The number of anilines is 2. The molecule has 2 fully saturated rings. The number of amides is 2. The minimum atomic E-state index is -1.02.